The molecule has 1 aromatic rings. The number of hydrogen-bond acceptors (Lipinski definition) is 2. The van der Waals surface area contributed by atoms with Crippen molar-refractivity contribution in [2.24, 2.45) is 0 Å². The maximum atomic E-state index is 13.6. The Hall–Kier alpha value is -1.32. The first kappa shape index (κ1) is 10.2. The van der Waals surface area contributed by atoms with Gasteiger partial charge in [-0.3, -0.25) is 0 Å². The zero-order valence-corrected chi connectivity index (χ0v) is 8.52. The van der Waals surface area contributed by atoms with Crippen molar-refractivity contribution >= 4 is 5.69 Å². The summed E-state index contributed by atoms with van der Waals surface area (Å²) in [6.07, 6.45) is 0.378. The van der Waals surface area contributed by atoms with E-state index in [1.165, 1.54) is 13.2 Å². The molecule has 0 aliphatic carbocycles. The van der Waals surface area contributed by atoms with E-state index in [1.54, 1.807) is 12.1 Å². The van der Waals surface area contributed by atoms with Gasteiger partial charge in [0.15, 0.2) is 0 Å². The molecule has 0 spiro atoms. The molecule has 1 aliphatic rings. The number of methoxy groups -OCH3 is 1. The first-order chi connectivity index (χ1) is 7.13. The number of anilines is 1. The minimum Gasteiger partial charge on any atom is -0.497 e. The highest BCUT2D eigenvalue weighted by Gasteiger charge is 2.35. The Bertz CT molecular complexity index is 366. The number of fused-ring (bicyclic) bond motifs is 1. The zero-order valence-electron chi connectivity index (χ0n) is 8.52. The lowest BCUT2D eigenvalue weighted by Gasteiger charge is -2.16. The number of halogens is 2. The second kappa shape index (κ2) is 3.68. The van der Waals surface area contributed by atoms with Gasteiger partial charge in [0.1, 0.15) is 5.75 Å². The van der Waals surface area contributed by atoms with Crippen molar-refractivity contribution in [3.8, 4) is 5.75 Å². The molecule has 1 aromatic carbocycles. The van der Waals surface area contributed by atoms with Gasteiger partial charge in [-0.05, 0) is 18.6 Å². The maximum Gasteiger partial charge on any atom is 0.275 e. The Morgan fingerprint density at radius 1 is 1.40 bits per heavy atom. The van der Waals surface area contributed by atoms with E-state index in [0.29, 0.717) is 24.4 Å². The van der Waals surface area contributed by atoms with Crippen molar-refractivity contribution in [2.75, 3.05) is 19.0 Å². The molecule has 0 saturated carbocycles. The van der Waals surface area contributed by atoms with E-state index in [4.69, 9.17) is 4.74 Å². The second-order valence-electron chi connectivity index (χ2n) is 3.65. The molecule has 0 bridgehead atoms. The van der Waals surface area contributed by atoms with Gasteiger partial charge in [-0.2, -0.15) is 0 Å². The van der Waals surface area contributed by atoms with Crippen LogP contribution in [0.2, 0.25) is 0 Å². The minimum absolute atomic E-state index is 0.0702. The lowest BCUT2D eigenvalue weighted by atomic mass is 10.0. The largest absolute Gasteiger partial charge is 0.497 e. The summed E-state index contributed by atoms with van der Waals surface area (Å²) in [6.45, 7) is 0.579. The lowest BCUT2D eigenvalue weighted by Crippen LogP contribution is -2.12. The molecule has 0 unspecified atom stereocenters. The molecule has 1 heterocycles. The molecule has 1 N–H and O–H groups in total. The van der Waals surface area contributed by atoms with Crippen molar-refractivity contribution in [1.29, 1.82) is 0 Å². The van der Waals surface area contributed by atoms with Gasteiger partial charge < -0.3 is 10.1 Å². The van der Waals surface area contributed by atoms with E-state index in [-0.39, 0.29) is 12.0 Å². The van der Waals surface area contributed by atoms with E-state index in [1.807, 2.05) is 0 Å². The molecule has 2 nitrogen and oxygen atoms in total. The SMILES string of the molecule is COc1ccc2c(c1)NCCCC2(F)F. The summed E-state index contributed by atoms with van der Waals surface area (Å²) in [5.74, 6) is -2.13. The van der Waals surface area contributed by atoms with Crippen LogP contribution in [0.15, 0.2) is 18.2 Å². The molecule has 15 heavy (non-hydrogen) atoms. The first-order valence-corrected chi connectivity index (χ1v) is 4.94. The topological polar surface area (TPSA) is 21.3 Å². The van der Waals surface area contributed by atoms with Gasteiger partial charge in [-0.15, -0.1) is 0 Å². The average Bonchev–Trinajstić information content (AvgIpc) is 2.37. The summed E-state index contributed by atoms with van der Waals surface area (Å²) in [6, 6.07) is 4.63. The maximum absolute atomic E-state index is 13.6. The third-order valence-electron chi connectivity index (χ3n) is 2.60. The monoisotopic (exact) mass is 213 g/mol. The van der Waals surface area contributed by atoms with Crippen LogP contribution in [0.4, 0.5) is 14.5 Å². The standard InChI is InChI=1S/C11H13F2NO/c1-15-8-3-4-9-10(7-8)14-6-2-5-11(9,12)13/h3-4,7,14H,2,5-6H2,1H3. The summed E-state index contributed by atoms with van der Waals surface area (Å²) in [5, 5.41) is 3.00. The number of rotatable bonds is 1. The fourth-order valence-corrected chi connectivity index (χ4v) is 1.78. The van der Waals surface area contributed by atoms with Crippen LogP contribution in [0.3, 0.4) is 0 Å². The normalized spacial score (nSPS) is 18.6. The summed E-state index contributed by atoms with van der Waals surface area (Å²) in [4.78, 5) is 0. The molecule has 0 saturated heterocycles. The molecule has 82 valence electrons. The van der Waals surface area contributed by atoms with Crippen molar-refractivity contribution in [3.05, 3.63) is 23.8 Å². The lowest BCUT2D eigenvalue weighted by molar-refractivity contribution is -0.0121. The predicted octanol–water partition coefficient (Wildman–Crippen LogP) is 2.99. The average molecular weight is 213 g/mol. The van der Waals surface area contributed by atoms with Crippen molar-refractivity contribution in [1.82, 2.24) is 0 Å². The zero-order chi connectivity index (χ0) is 10.9. The van der Waals surface area contributed by atoms with Crippen LogP contribution in [-0.2, 0) is 5.92 Å². The van der Waals surface area contributed by atoms with E-state index in [0.717, 1.165) is 0 Å². The molecule has 0 atom stereocenters. The van der Waals surface area contributed by atoms with Gasteiger partial charge in [-0.25, -0.2) is 8.78 Å². The second-order valence-corrected chi connectivity index (χ2v) is 3.65. The Kier molecular flexibility index (Phi) is 2.50. The molecular weight excluding hydrogens is 200 g/mol. The van der Waals surface area contributed by atoms with Crippen LogP contribution in [0.1, 0.15) is 18.4 Å². The predicted molar refractivity (Wildman–Crippen MR) is 54.6 cm³/mol. The van der Waals surface area contributed by atoms with Gasteiger partial charge >= 0.3 is 0 Å². The highest BCUT2D eigenvalue weighted by atomic mass is 19.3. The fraction of sp³-hybridized carbons (Fsp3) is 0.455. The highest BCUT2D eigenvalue weighted by Crippen LogP contribution is 2.40. The van der Waals surface area contributed by atoms with Crippen LogP contribution in [0, 0.1) is 0 Å². The third kappa shape index (κ3) is 1.89. The Labute approximate surface area is 87.2 Å². The van der Waals surface area contributed by atoms with Crippen LogP contribution in [0.5, 0.6) is 5.75 Å². The molecule has 0 aromatic heterocycles. The fourth-order valence-electron chi connectivity index (χ4n) is 1.78. The van der Waals surface area contributed by atoms with E-state index >= 15 is 0 Å². The van der Waals surface area contributed by atoms with Gasteiger partial charge in [-0.1, -0.05) is 0 Å². The number of alkyl halides is 2. The van der Waals surface area contributed by atoms with Gasteiger partial charge in [0.25, 0.3) is 5.92 Å². The minimum atomic E-state index is -2.73. The molecule has 0 fully saturated rings. The van der Waals surface area contributed by atoms with Crippen molar-refractivity contribution in [2.45, 2.75) is 18.8 Å². The van der Waals surface area contributed by atoms with Crippen LogP contribution < -0.4 is 10.1 Å². The number of ether oxygens (including phenoxy) is 1. The Balaban J connectivity index is 2.46. The van der Waals surface area contributed by atoms with Crippen LogP contribution in [-0.4, -0.2) is 13.7 Å². The summed E-state index contributed by atoms with van der Waals surface area (Å²) < 4.78 is 32.2. The molecule has 4 heteroatoms. The third-order valence-corrected chi connectivity index (χ3v) is 2.60. The number of nitrogens with one attached hydrogen (secondary N) is 1. The Morgan fingerprint density at radius 2 is 2.20 bits per heavy atom. The Morgan fingerprint density at radius 3 is 2.93 bits per heavy atom. The molecule has 0 amide bonds. The van der Waals surface area contributed by atoms with Gasteiger partial charge in [0.05, 0.1) is 7.11 Å². The smallest absolute Gasteiger partial charge is 0.275 e. The van der Waals surface area contributed by atoms with Crippen LogP contribution in [0.25, 0.3) is 0 Å². The number of benzene rings is 1. The van der Waals surface area contributed by atoms with Crippen LogP contribution >= 0.6 is 0 Å². The van der Waals surface area contributed by atoms with E-state index in [2.05, 4.69) is 5.32 Å². The van der Waals surface area contributed by atoms with E-state index < -0.39 is 5.92 Å². The number of hydrogen-bond donors (Lipinski definition) is 1. The molecule has 2 rings (SSSR count). The molecular formula is C11H13F2NO. The molecule has 0 radical (unpaired) electrons. The highest BCUT2D eigenvalue weighted by molar-refractivity contribution is 5.57. The summed E-state index contributed by atoms with van der Waals surface area (Å²) >= 11 is 0. The summed E-state index contributed by atoms with van der Waals surface area (Å²) in [7, 11) is 1.52. The molecule has 1 aliphatic heterocycles. The quantitative estimate of drug-likeness (QED) is 0.774. The first-order valence-electron chi connectivity index (χ1n) is 4.94. The van der Waals surface area contributed by atoms with E-state index in [9.17, 15) is 8.78 Å². The summed E-state index contributed by atoms with van der Waals surface area (Å²) in [5.41, 5.74) is 0.553. The van der Waals surface area contributed by atoms with Crippen molar-refractivity contribution < 1.29 is 13.5 Å². The van der Waals surface area contributed by atoms with Crippen molar-refractivity contribution in [3.63, 3.8) is 0 Å². The van der Waals surface area contributed by atoms with Gasteiger partial charge in [0, 0.05) is 30.3 Å². The van der Waals surface area contributed by atoms with Gasteiger partial charge in [0.2, 0.25) is 0 Å².